The molecule has 0 aliphatic heterocycles. The first-order chi connectivity index (χ1) is 8.95. The molecule has 19 heavy (non-hydrogen) atoms. The summed E-state index contributed by atoms with van der Waals surface area (Å²) in [7, 11) is 1.64. The molecule has 1 unspecified atom stereocenters. The van der Waals surface area contributed by atoms with Crippen LogP contribution in [0.5, 0.6) is 5.75 Å². The minimum absolute atomic E-state index is 0.402. The first-order valence-corrected chi connectivity index (χ1v) is 8.10. The summed E-state index contributed by atoms with van der Waals surface area (Å²) in [5.74, 6) is 1.59. The number of halogens is 2. The number of ether oxygens (including phenoxy) is 1. The van der Waals surface area contributed by atoms with Gasteiger partial charge in [-0.1, -0.05) is 39.7 Å². The summed E-state index contributed by atoms with van der Waals surface area (Å²) in [4.78, 5) is 10.8. The molecule has 0 fully saturated rings. The second-order valence-electron chi connectivity index (χ2n) is 4.01. The van der Waals surface area contributed by atoms with Gasteiger partial charge in [-0.2, -0.15) is 11.8 Å². The third-order valence-electron chi connectivity index (χ3n) is 2.52. The Balaban J connectivity index is 2.22. The van der Waals surface area contributed by atoms with Crippen LogP contribution in [0.4, 0.5) is 0 Å². The van der Waals surface area contributed by atoms with Crippen molar-refractivity contribution in [3.63, 3.8) is 0 Å². The predicted octanol–water partition coefficient (Wildman–Crippen LogP) is 4.12. The fourth-order valence-corrected chi connectivity index (χ4v) is 2.75. The molecule has 1 N–H and O–H groups in total. The molecular formula is C13H16BrClO3S. The predicted molar refractivity (Wildman–Crippen MR) is 83.5 cm³/mol. The Hall–Kier alpha value is -0.390. The van der Waals surface area contributed by atoms with Gasteiger partial charge in [0.15, 0.2) is 3.78 Å². The van der Waals surface area contributed by atoms with E-state index in [0.29, 0.717) is 6.42 Å². The van der Waals surface area contributed by atoms with Crippen LogP contribution in [0.3, 0.4) is 0 Å². The lowest BCUT2D eigenvalue weighted by Gasteiger charge is -2.13. The molecule has 6 heteroatoms. The highest BCUT2D eigenvalue weighted by molar-refractivity contribution is 9.10. The Kier molecular flexibility index (Phi) is 7.04. The van der Waals surface area contributed by atoms with E-state index in [1.165, 1.54) is 5.56 Å². The maximum Gasteiger partial charge on any atom is 0.335 e. The van der Waals surface area contributed by atoms with Crippen molar-refractivity contribution in [3.8, 4) is 5.75 Å². The SMILES string of the molecule is COc1ccc(CSCCCC(Cl)(Br)C(=O)O)cc1. The molecule has 1 aromatic carbocycles. The molecule has 0 aromatic heterocycles. The Morgan fingerprint density at radius 2 is 2.11 bits per heavy atom. The van der Waals surface area contributed by atoms with Crippen LogP contribution in [0.2, 0.25) is 0 Å². The average Bonchev–Trinajstić information content (AvgIpc) is 2.38. The summed E-state index contributed by atoms with van der Waals surface area (Å²) in [5, 5.41) is 8.83. The standard InChI is InChI=1S/C13H16BrClO3S/c1-18-11-5-3-10(4-6-11)9-19-8-2-7-13(14,15)12(16)17/h3-6H,2,7-9H2,1H3,(H,16,17). The maximum atomic E-state index is 10.8. The highest BCUT2D eigenvalue weighted by Gasteiger charge is 2.31. The van der Waals surface area contributed by atoms with E-state index in [1.807, 2.05) is 24.3 Å². The van der Waals surface area contributed by atoms with E-state index in [0.717, 1.165) is 23.7 Å². The zero-order valence-electron chi connectivity index (χ0n) is 10.6. The van der Waals surface area contributed by atoms with E-state index < -0.39 is 9.75 Å². The van der Waals surface area contributed by atoms with Crippen molar-refractivity contribution in [1.82, 2.24) is 0 Å². The van der Waals surface area contributed by atoms with Gasteiger partial charge in [0.25, 0.3) is 0 Å². The highest BCUT2D eigenvalue weighted by Crippen LogP contribution is 2.30. The first kappa shape index (κ1) is 16.7. The number of methoxy groups -OCH3 is 1. The molecule has 0 heterocycles. The normalized spacial score (nSPS) is 13.8. The zero-order chi connectivity index (χ0) is 14.3. The van der Waals surface area contributed by atoms with Crippen LogP contribution in [-0.2, 0) is 10.5 Å². The highest BCUT2D eigenvalue weighted by atomic mass is 79.9. The molecule has 0 saturated carbocycles. The van der Waals surface area contributed by atoms with Gasteiger partial charge < -0.3 is 9.84 Å². The van der Waals surface area contributed by atoms with Crippen molar-refractivity contribution < 1.29 is 14.6 Å². The van der Waals surface area contributed by atoms with Crippen molar-refractivity contribution in [1.29, 1.82) is 0 Å². The number of hydrogen-bond donors (Lipinski definition) is 1. The summed E-state index contributed by atoms with van der Waals surface area (Å²) >= 11 is 10.6. The van der Waals surface area contributed by atoms with E-state index in [2.05, 4.69) is 15.9 Å². The third kappa shape index (κ3) is 6.06. The quantitative estimate of drug-likeness (QED) is 0.554. The monoisotopic (exact) mass is 366 g/mol. The van der Waals surface area contributed by atoms with Crippen LogP contribution in [0.1, 0.15) is 18.4 Å². The van der Waals surface area contributed by atoms with Crippen molar-refractivity contribution in [2.75, 3.05) is 12.9 Å². The Morgan fingerprint density at radius 1 is 1.47 bits per heavy atom. The van der Waals surface area contributed by atoms with Crippen LogP contribution in [0, 0.1) is 0 Å². The molecule has 3 nitrogen and oxygen atoms in total. The fourth-order valence-electron chi connectivity index (χ4n) is 1.41. The summed E-state index contributed by atoms with van der Waals surface area (Å²) < 4.78 is 3.76. The molecule has 0 aliphatic rings. The van der Waals surface area contributed by atoms with E-state index in [1.54, 1.807) is 18.9 Å². The Bertz CT molecular complexity index is 409. The van der Waals surface area contributed by atoms with Gasteiger partial charge in [0.1, 0.15) is 5.75 Å². The smallest absolute Gasteiger partial charge is 0.335 e. The van der Waals surface area contributed by atoms with Gasteiger partial charge in [-0.05, 0) is 36.3 Å². The number of rotatable bonds is 8. The molecule has 1 rings (SSSR count). The van der Waals surface area contributed by atoms with Crippen LogP contribution in [0.25, 0.3) is 0 Å². The second-order valence-corrected chi connectivity index (χ2v) is 7.57. The number of hydrogen-bond acceptors (Lipinski definition) is 3. The summed E-state index contributed by atoms with van der Waals surface area (Å²) in [6, 6.07) is 7.92. The van der Waals surface area contributed by atoms with E-state index in [9.17, 15) is 4.79 Å². The van der Waals surface area contributed by atoms with Crippen LogP contribution in [0.15, 0.2) is 24.3 Å². The van der Waals surface area contributed by atoms with Crippen LogP contribution >= 0.6 is 39.3 Å². The Morgan fingerprint density at radius 3 is 2.63 bits per heavy atom. The maximum absolute atomic E-state index is 10.8. The molecule has 0 aliphatic carbocycles. The number of carboxylic acids is 1. The Labute approximate surface area is 130 Å². The summed E-state index contributed by atoms with van der Waals surface area (Å²) in [6.07, 6.45) is 1.15. The van der Waals surface area contributed by atoms with Gasteiger partial charge in [0, 0.05) is 5.75 Å². The van der Waals surface area contributed by atoms with E-state index in [-0.39, 0.29) is 0 Å². The number of alkyl halides is 2. The number of carbonyl (C=O) groups is 1. The van der Waals surface area contributed by atoms with Crippen LogP contribution in [-0.4, -0.2) is 27.7 Å². The van der Waals surface area contributed by atoms with Gasteiger partial charge in [-0.3, -0.25) is 0 Å². The first-order valence-electron chi connectivity index (χ1n) is 5.77. The van der Waals surface area contributed by atoms with Gasteiger partial charge in [0.2, 0.25) is 0 Å². The lowest BCUT2D eigenvalue weighted by Crippen LogP contribution is -2.24. The molecule has 0 spiro atoms. The molecule has 1 atom stereocenters. The lowest BCUT2D eigenvalue weighted by molar-refractivity contribution is -0.137. The van der Waals surface area contributed by atoms with E-state index in [4.69, 9.17) is 21.4 Å². The van der Waals surface area contributed by atoms with Crippen LogP contribution < -0.4 is 4.74 Å². The molecular weight excluding hydrogens is 352 g/mol. The van der Waals surface area contributed by atoms with Gasteiger partial charge in [0.05, 0.1) is 7.11 Å². The van der Waals surface area contributed by atoms with E-state index >= 15 is 0 Å². The number of thioether (sulfide) groups is 1. The second kappa shape index (κ2) is 8.02. The summed E-state index contributed by atoms with van der Waals surface area (Å²) in [6.45, 7) is 0. The number of aliphatic carboxylic acids is 1. The van der Waals surface area contributed by atoms with Gasteiger partial charge >= 0.3 is 5.97 Å². The minimum Gasteiger partial charge on any atom is -0.497 e. The topological polar surface area (TPSA) is 46.5 Å². The average molecular weight is 368 g/mol. The summed E-state index contributed by atoms with van der Waals surface area (Å²) in [5.41, 5.74) is 1.22. The van der Waals surface area contributed by atoms with Crippen molar-refractivity contribution in [2.45, 2.75) is 22.4 Å². The number of benzene rings is 1. The van der Waals surface area contributed by atoms with Crippen molar-refractivity contribution in [3.05, 3.63) is 29.8 Å². The minimum atomic E-state index is -1.33. The molecule has 106 valence electrons. The van der Waals surface area contributed by atoms with Crippen molar-refractivity contribution in [2.24, 2.45) is 0 Å². The number of carboxylic acid groups (broad SMARTS) is 1. The molecule has 1 aromatic rings. The third-order valence-corrected chi connectivity index (χ3v) is 4.72. The fraction of sp³-hybridized carbons (Fsp3) is 0.462. The van der Waals surface area contributed by atoms with Gasteiger partial charge in [-0.25, -0.2) is 4.79 Å². The zero-order valence-corrected chi connectivity index (χ0v) is 13.7. The van der Waals surface area contributed by atoms with Gasteiger partial charge in [-0.15, -0.1) is 0 Å². The molecule has 0 saturated heterocycles. The lowest BCUT2D eigenvalue weighted by atomic mass is 10.2. The molecule has 0 bridgehead atoms. The molecule has 0 amide bonds. The van der Waals surface area contributed by atoms with Crippen molar-refractivity contribution >= 4 is 45.3 Å². The largest absolute Gasteiger partial charge is 0.497 e. The molecule has 0 radical (unpaired) electrons.